The van der Waals surface area contributed by atoms with Crippen LogP contribution in [0.5, 0.6) is 0 Å². The Morgan fingerprint density at radius 1 is 0.941 bits per heavy atom. The van der Waals surface area contributed by atoms with Crippen molar-refractivity contribution in [2.45, 2.75) is 72.1 Å². The van der Waals surface area contributed by atoms with Gasteiger partial charge in [0.2, 0.25) is 0 Å². The summed E-state index contributed by atoms with van der Waals surface area (Å²) in [7, 11) is 1.96. The molecule has 0 saturated carbocycles. The van der Waals surface area contributed by atoms with Gasteiger partial charge in [-0.15, -0.1) is 0 Å². The summed E-state index contributed by atoms with van der Waals surface area (Å²) in [5.74, 6) is 0. The van der Waals surface area contributed by atoms with Crippen LogP contribution in [0.15, 0.2) is 12.5 Å². The molecule has 0 aliphatic carbocycles. The van der Waals surface area contributed by atoms with Crippen molar-refractivity contribution in [3.63, 3.8) is 0 Å². The molecular formula is C15H30N2. The van der Waals surface area contributed by atoms with Crippen LogP contribution in [0.2, 0.25) is 0 Å². The maximum absolute atomic E-state index is 3.98. The van der Waals surface area contributed by atoms with Gasteiger partial charge in [0.1, 0.15) is 0 Å². The second-order valence-electron chi connectivity index (χ2n) is 4.80. The summed E-state index contributed by atoms with van der Waals surface area (Å²) in [4.78, 5) is 3.98. The highest BCUT2D eigenvalue weighted by molar-refractivity contribution is 4.90. The molecule has 1 aromatic rings. The molecule has 0 aromatic carbocycles. The first-order chi connectivity index (χ1) is 8.20. The van der Waals surface area contributed by atoms with Gasteiger partial charge in [0.25, 0.3) is 0 Å². The summed E-state index contributed by atoms with van der Waals surface area (Å²) in [5, 5.41) is 0. The lowest BCUT2D eigenvalue weighted by molar-refractivity contribution is 0.585. The van der Waals surface area contributed by atoms with Crippen LogP contribution in [0, 0.1) is 6.92 Å². The van der Waals surface area contributed by atoms with E-state index < -0.39 is 0 Å². The number of nitrogens with zero attached hydrogens (tertiary/aromatic N) is 2. The van der Waals surface area contributed by atoms with Crippen LogP contribution in [0.1, 0.15) is 70.9 Å². The summed E-state index contributed by atoms with van der Waals surface area (Å²) in [6.07, 6.45) is 15.2. The smallest absolute Gasteiger partial charge is 0.0946 e. The van der Waals surface area contributed by atoms with E-state index in [0.717, 1.165) is 5.69 Å². The zero-order valence-electron chi connectivity index (χ0n) is 12.2. The van der Waals surface area contributed by atoms with E-state index in [0.29, 0.717) is 0 Å². The summed E-state index contributed by atoms with van der Waals surface area (Å²) in [6.45, 7) is 6.51. The zero-order valence-corrected chi connectivity index (χ0v) is 12.2. The van der Waals surface area contributed by atoms with E-state index in [1.165, 1.54) is 51.4 Å². The minimum absolute atomic E-state index is 1.07. The molecule has 0 fully saturated rings. The second kappa shape index (κ2) is 11.7. The number of unbranched alkanes of at least 4 members (excludes halogenated alkanes) is 7. The van der Waals surface area contributed by atoms with Gasteiger partial charge in [-0.25, -0.2) is 4.98 Å². The molecule has 1 heterocycles. The molecule has 0 radical (unpaired) electrons. The Morgan fingerprint density at radius 3 is 1.65 bits per heavy atom. The molecule has 0 amide bonds. The highest BCUT2D eigenvalue weighted by atomic mass is 15.0. The fourth-order valence-corrected chi connectivity index (χ4v) is 1.75. The number of hydrogen-bond acceptors (Lipinski definition) is 1. The van der Waals surface area contributed by atoms with Crippen molar-refractivity contribution < 1.29 is 0 Å². The van der Waals surface area contributed by atoms with Gasteiger partial charge in [-0.3, -0.25) is 0 Å². The van der Waals surface area contributed by atoms with Gasteiger partial charge in [-0.1, -0.05) is 65.2 Å². The minimum atomic E-state index is 1.07. The van der Waals surface area contributed by atoms with Crippen LogP contribution in [0.25, 0.3) is 0 Å². The van der Waals surface area contributed by atoms with Crippen LogP contribution < -0.4 is 0 Å². The molecular weight excluding hydrogens is 208 g/mol. The van der Waals surface area contributed by atoms with Gasteiger partial charge < -0.3 is 4.57 Å². The maximum atomic E-state index is 3.98. The molecule has 0 N–H and O–H groups in total. The van der Waals surface area contributed by atoms with Crippen LogP contribution in [-0.2, 0) is 7.05 Å². The van der Waals surface area contributed by atoms with E-state index in [1.807, 2.05) is 24.7 Å². The molecule has 2 heteroatoms. The number of rotatable bonds is 7. The van der Waals surface area contributed by atoms with Crippen LogP contribution >= 0.6 is 0 Å². The zero-order chi connectivity index (χ0) is 12.9. The first kappa shape index (κ1) is 16.2. The van der Waals surface area contributed by atoms with E-state index in [4.69, 9.17) is 0 Å². The summed E-state index contributed by atoms with van der Waals surface area (Å²) in [6, 6.07) is 0. The molecule has 0 aliphatic rings. The van der Waals surface area contributed by atoms with Crippen molar-refractivity contribution in [1.29, 1.82) is 0 Å². The summed E-state index contributed by atoms with van der Waals surface area (Å²) >= 11 is 0. The molecule has 0 atom stereocenters. The Bertz CT molecular complexity index is 229. The summed E-state index contributed by atoms with van der Waals surface area (Å²) in [5.41, 5.74) is 1.07. The standard InChI is InChI=1S/C10H22.C5H8N2/c1-3-5-7-9-10-8-6-4-2;1-5-3-7(2)4-6-5/h3-10H2,1-2H3;3-4H,1-2H3. The highest BCUT2D eigenvalue weighted by Gasteiger charge is 1.87. The van der Waals surface area contributed by atoms with Crippen molar-refractivity contribution in [3.05, 3.63) is 18.2 Å². The van der Waals surface area contributed by atoms with Crippen molar-refractivity contribution in [3.8, 4) is 0 Å². The van der Waals surface area contributed by atoms with E-state index in [-0.39, 0.29) is 0 Å². The first-order valence-corrected chi connectivity index (χ1v) is 7.15. The average molecular weight is 238 g/mol. The van der Waals surface area contributed by atoms with Crippen LogP contribution in [-0.4, -0.2) is 9.55 Å². The topological polar surface area (TPSA) is 17.8 Å². The van der Waals surface area contributed by atoms with Gasteiger partial charge in [-0.2, -0.15) is 0 Å². The molecule has 17 heavy (non-hydrogen) atoms. The average Bonchev–Trinajstić information content (AvgIpc) is 2.68. The fraction of sp³-hybridized carbons (Fsp3) is 0.800. The van der Waals surface area contributed by atoms with Crippen molar-refractivity contribution in [2.24, 2.45) is 7.05 Å². The monoisotopic (exact) mass is 238 g/mol. The maximum Gasteiger partial charge on any atom is 0.0946 e. The van der Waals surface area contributed by atoms with Crippen molar-refractivity contribution in [1.82, 2.24) is 9.55 Å². The lowest BCUT2D eigenvalue weighted by Gasteiger charge is -1.97. The van der Waals surface area contributed by atoms with Gasteiger partial charge in [0, 0.05) is 13.2 Å². The Kier molecular flexibility index (Phi) is 11.1. The molecule has 1 rings (SSSR count). The first-order valence-electron chi connectivity index (χ1n) is 7.15. The lowest BCUT2D eigenvalue weighted by atomic mass is 10.1. The Balaban J connectivity index is 0.000000318. The van der Waals surface area contributed by atoms with Gasteiger partial charge in [0.15, 0.2) is 0 Å². The normalized spacial score (nSPS) is 9.88. The predicted octanol–water partition coefficient (Wildman–Crippen LogP) is 4.88. The number of imidazole rings is 1. The van der Waals surface area contributed by atoms with Gasteiger partial charge >= 0.3 is 0 Å². The Morgan fingerprint density at radius 2 is 1.41 bits per heavy atom. The third-order valence-electron chi connectivity index (χ3n) is 2.79. The van der Waals surface area contributed by atoms with E-state index >= 15 is 0 Å². The quantitative estimate of drug-likeness (QED) is 0.619. The second-order valence-corrected chi connectivity index (χ2v) is 4.80. The molecule has 2 nitrogen and oxygen atoms in total. The fourth-order valence-electron chi connectivity index (χ4n) is 1.75. The van der Waals surface area contributed by atoms with Crippen LogP contribution in [0.3, 0.4) is 0 Å². The van der Waals surface area contributed by atoms with Crippen molar-refractivity contribution >= 4 is 0 Å². The largest absolute Gasteiger partial charge is 0.340 e. The minimum Gasteiger partial charge on any atom is -0.340 e. The Labute approximate surface area is 107 Å². The van der Waals surface area contributed by atoms with E-state index in [2.05, 4.69) is 18.8 Å². The van der Waals surface area contributed by atoms with Gasteiger partial charge in [-0.05, 0) is 6.92 Å². The molecule has 0 unspecified atom stereocenters. The van der Waals surface area contributed by atoms with Gasteiger partial charge in [0.05, 0.1) is 12.0 Å². The molecule has 0 spiro atoms. The number of aryl methyl sites for hydroxylation is 2. The third-order valence-corrected chi connectivity index (χ3v) is 2.79. The third kappa shape index (κ3) is 11.5. The summed E-state index contributed by atoms with van der Waals surface area (Å²) < 4.78 is 1.93. The Hall–Kier alpha value is -0.790. The SMILES string of the molecule is CCCCCCCCCC.Cc1cn(C)cn1. The lowest BCUT2D eigenvalue weighted by Crippen LogP contribution is -1.77. The highest BCUT2D eigenvalue weighted by Crippen LogP contribution is 2.07. The number of hydrogen-bond donors (Lipinski definition) is 0. The molecule has 0 saturated heterocycles. The molecule has 0 aliphatic heterocycles. The van der Waals surface area contributed by atoms with E-state index in [9.17, 15) is 0 Å². The van der Waals surface area contributed by atoms with Crippen LogP contribution in [0.4, 0.5) is 0 Å². The molecule has 0 bridgehead atoms. The number of aromatic nitrogens is 2. The molecule has 1 aromatic heterocycles. The predicted molar refractivity (Wildman–Crippen MR) is 76.2 cm³/mol. The molecule has 100 valence electrons. The van der Waals surface area contributed by atoms with E-state index in [1.54, 1.807) is 6.33 Å². The van der Waals surface area contributed by atoms with Crippen molar-refractivity contribution in [2.75, 3.05) is 0 Å².